The van der Waals surface area contributed by atoms with Crippen molar-refractivity contribution in [2.24, 2.45) is 0 Å². The van der Waals surface area contributed by atoms with E-state index in [-0.39, 0.29) is 5.56 Å². The van der Waals surface area contributed by atoms with Crippen molar-refractivity contribution in [1.82, 2.24) is 0 Å². The summed E-state index contributed by atoms with van der Waals surface area (Å²) in [6.07, 6.45) is -4.78. The number of carbonyl (C=O) groups excluding carboxylic acids is 1. The van der Waals surface area contributed by atoms with Crippen LogP contribution in [0.3, 0.4) is 0 Å². The lowest BCUT2D eigenvalue weighted by atomic mass is 9.98. The van der Waals surface area contributed by atoms with Crippen LogP contribution >= 0.6 is 15.9 Å². The van der Waals surface area contributed by atoms with Crippen molar-refractivity contribution in [2.75, 3.05) is 0 Å². The van der Waals surface area contributed by atoms with E-state index in [2.05, 4.69) is 15.9 Å². The Morgan fingerprint density at radius 3 is 2.29 bits per heavy atom. The van der Waals surface area contributed by atoms with Gasteiger partial charge >= 0.3 is 6.18 Å². The Hall–Kier alpha value is -1.69. The molecule has 0 radical (unpaired) electrons. The number of carbonyl (C=O) groups is 1. The quantitative estimate of drug-likeness (QED) is 0.534. The SMILES string of the molecule is Cc1cc(Br)ccc1C(=O)c1ccc(C(F)(F)F)c(F)c1. The fourth-order valence-corrected chi connectivity index (χ4v) is 2.40. The van der Waals surface area contributed by atoms with Crippen molar-refractivity contribution in [3.8, 4) is 0 Å². The van der Waals surface area contributed by atoms with Crippen molar-refractivity contribution in [1.29, 1.82) is 0 Å². The molecule has 0 aliphatic carbocycles. The number of alkyl halides is 3. The van der Waals surface area contributed by atoms with Crippen LogP contribution in [0.1, 0.15) is 27.0 Å². The van der Waals surface area contributed by atoms with E-state index >= 15 is 0 Å². The summed E-state index contributed by atoms with van der Waals surface area (Å²) >= 11 is 3.25. The molecule has 0 aliphatic rings. The molecule has 0 spiro atoms. The highest BCUT2D eigenvalue weighted by molar-refractivity contribution is 9.10. The predicted octanol–water partition coefficient (Wildman–Crippen LogP) is 5.15. The van der Waals surface area contributed by atoms with Gasteiger partial charge < -0.3 is 0 Å². The van der Waals surface area contributed by atoms with E-state index in [1.165, 1.54) is 6.07 Å². The predicted molar refractivity (Wildman–Crippen MR) is 73.7 cm³/mol. The third-order valence-corrected chi connectivity index (χ3v) is 3.46. The van der Waals surface area contributed by atoms with Crippen LogP contribution in [0.2, 0.25) is 0 Å². The summed E-state index contributed by atoms with van der Waals surface area (Å²) in [4.78, 5) is 12.2. The molecule has 0 heterocycles. The van der Waals surface area contributed by atoms with Crippen LogP contribution in [0.5, 0.6) is 0 Å². The lowest BCUT2D eigenvalue weighted by Crippen LogP contribution is -2.10. The first-order valence-electron chi connectivity index (χ1n) is 5.88. The molecule has 110 valence electrons. The van der Waals surface area contributed by atoms with Gasteiger partial charge in [0.15, 0.2) is 5.78 Å². The minimum absolute atomic E-state index is 0.120. The number of hydrogen-bond donors (Lipinski definition) is 0. The van der Waals surface area contributed by atoms with E-state index in [9.17, 15) is 22.4 Å². The number of aryl methyl sites for hydroxylation is 1. The van der Waals surface area contributed by atoms with Gasteiger partial charge in [-0.25, -0.2) is 4.39 Å². The molecule has 21 heavy (non-hydrogen) atoms. The van der Waals surface area contributed by atoms with Gasteiger partial charge in [-0.05, 0) is 42.8 Å². The molecule has 2 aromatic rings. The first-order chi connectivity index (χ1) is 9.70. The number of halogens is 5. The normalized spacial score (nSPS) is 11.5. The minimum Gasteiger partial charge on any atom is -0.289 e. The lowest BCUT2D eigenvalue weighted by molar-refractivity contribution is -0.140. The molecule has 0 N–H and O–H groups in total. The van der Waals surface area contributed by atoms with Gasteiger partial charge in [-0.15, -0.1) is 0 Å². The number of ketones is 1. The molecule has 2 aromatic carbocycles. The fourth-order valence-electron chi connectivity index (χ4n) is 1.92. The summed E-state index contributed by atoms with van der Waals surface area (Å²) < 4.78 is 51.7. The zero-order chi connectivity index (χ0) is 15.8. The standard InChI is InChI=1S/C15H9BrF4O/c1-8-6-10(16)3-4-11(8)14(21)9-2-5-12(13(17)7-9)15(18,19)20/h2-7H,1H3. The maximum Gasteiger partial charge on any atom is 0.419 e. The second-order valence-corrected chi connectivity index (χ2v) is 5.40. The minimum atomic E-state index is -4.78. The summed E-state index contributed by atoms with van der Waals surface area (Å²) in [7, 11) is 0. The van der Waals surface area contributed by atoms with Crippen molar-refractivity contribution in [3.63, 3.8) is 0 Å². The molecule has 6 heteroatoms. The average Bonchev–Trinajstić information content (AvgIpc) is 2.36. The van der Waals surface area contributed by atoms with Gasteiger partial charge in [0.1, 0.15) is 5.82 Å². The van der Waals surface area contributed by atoms with E-state index < -0.39 is 23.3 Å². The summed E-state index contributed by atoms with van der Waals surface area (Å²) in [5.41, 5.74) is -0.537. The van der Waals surface area contributed by atoms with Gasteiger partial charge in [-0.3, -0.25) is 4.79 Å². The number of rotatable bonds is 2. The highest BCUT2D eigenvalue weighted by Crippen LogP contribution is 2.32. The molecular formula is C15H9BrF4O. The van der Waals surface area contributed by atoms with Gasteiger partial charge in [0.2, 0.25) is 0 Å². The Labute approximate surface area is 126 Å². The van der Waals surface area contributed by atoms with Crippen molar-refractivity contribution in [3.05, 3.63) is 68.9 Å². The van der Waals surface area contributed by atoms with Gasteiger partial charge in [-0.1, -0.05) is 22.0 Å². The van der Waals surface area contributed by atoms with Crippen LogP contribution < -0.4 is 0 Å². The highest BCUT2D eigenvalue weighted by atomic mass is 79.9. The molecule has 0 amide bonds. The molecule has 0 unspecified atom stereocenters. The van der Waals surface area contributed by atoms with Crippen LogP contribution in [0.15, 0.2) is 40.9 Å². The van der Waals surface area contributed by atoms with Gasteiger partial charge in [0, 0.05) is 15.6 Å². The molecule has 0 atom stereocenters. The van der Waals surface area contributed by atoms with Crippen LogP contribution in [0, 0.1) is 12.7 Å². The number of hydrogen-bond acceptors (Lipinski definition) is 1. The summed E-state index contributed by atoms with van der Waals surface area (Å²) in [5.74, 6) is -1.98. The van der Waals surface area contributed by atoms with E-state index in [1.807, 2.05) is 0 Å². The van der Waals surface area contributed by atoms with Gasteiger partial charge in [-0.2, -0.15) is 13.2 Å². The molecular weight excluding hydrogens is 352 g/mol. The molecule has 0 aromatic heterocycles. The van der Waals surface area contributed by atoms with Gasteiger partial charge in [0.25, 0.3) is 0 Å². The highest BCUT2D eigenvalue weighted by Gasteiger charge is 2.34. The second kappa shape index (κ2) is 5.60. The monoisotopic (exact) mass is 360 g/mol. The molecule has 2 rings (SSSR count). The van der Waals surface area contributed by atoms with Crippen molar-refractivity contribution >= 4 is 21.7 Å². The van der Waals surface area contributed by atoms with Gasteiger partial charge in [0.05, 0.1) is 5.56 Å². The van der Waals surface area contributed by atoms with Crippen molar-refractivity contribution < 1.29 is 22.4 Å². The maximum absolute atomic E-state index is 13.5. The Bertz CT molecular complexity index is 707. The second-order valence-electron chi connectivity index (χ2n) is 4.48. The molecule has 0 saturated heterocycles. The van der Waals surface area contributed by atoms with E-state index in [1.54, 1.807) is 19.1 Å². The summed E-state index contributed by atoms with van der Waals surface area (Å²) in [5, 5.41) is 0. The average molecular weight is 361 g/mol. The van der Waals surface area contributed by atoms with Crippen molar-refractivity contribution in [2.45, 2.75) is 13.1 Å². The smallest absolute Gasteiger partial charge is 0.289 e. The Morgan fingerprint density at radius 1 is 1.10 bits per heavy atom. The Balaban J connectivity index is 2.43. The maximum atomic E-state index is 13.5. The molecule has 0 bridgehead atoms. The molecule has 1 nitrogen and oxygen atoms in total. The summed E-state index contributed by atoms with van der Waals surface area (Å²) in [6, 6.07) is 7.06. The lowest BCUT2D eigenvalue weighted by Gasteiger charge is -2.10. The van der Waals surface area contributed by atoms with E-state index in [0.29, 0.717) is 23.3 Å². The number of benzene rings is 2. The Kier molecular flexibility index (Phi) is 4.18. The largest absolute Gasteiger partial charge is 0.419 e. The van der Waals surface area contributed by atoms with Crippen LogP contribution in [-0.2, 0) is 6.18 Å². The van der Waals surface area contributed by atoms with Crippen LogP contribution in [-0.4, -0.2) is 5.78 Å². The molecule has 0 fully saturated rings. The third-order valence-electron chi connectivity index (χ3n) is 2.97. The third kappa shape index (κ3) is 3.32. The zero-order valence-corrected chi connectivity index (χ0v) is 12.3. The topological polar surface area (TPSA) is 17.1 Å². The van der Waals surface area contributed by atoms with Crippen LogP contribution in [0.4, 0.5) is 17.6 Å². The van der Waals surface area contributed by atoms with E-state index in [4.69, 9.17) is 0 Å². The zero-order valence-electron chi connectivity index (χ0n) is 10.8. The van der Waals surface area contributed by atoms with Crippen LogP contribution in [0.25, 0.3) is 0 Å². The molecule has 0 saturated carbocycles. The molecule has 0 aliphatic heterocycles. The first kappa shape index (κ1) is 15.7. The first-order valence-corrected chi connectivity index (χ1v) is 6.67. The summed E-state index contributed by atoms with van der Waals surface area (Å²) in [6.45, 7) is 1.69. The Morgan fingerprint density at radius 2 is 1.76 bits per heavy atom. The fraction of sp³-hybridized carbons (Fsp3) is 0.133. The van der Waals surface area contributed by atoms with E-state index in [0.717, 1.165) is 10.5 Å².